The maximum Gasteiger partial charge on any atom is 0.0701 e. The van der Waals surface area contributed by atoms with Crippen LogP contribution in [0.2, 0.25) is 0 Å². The van der Waals surface area contributed by atoms with Crippen LogP contribution in [0.4, 0.5) is 0 Å². The lowest BCUT2D eigenvalue weighted by Gasteiger charge is -2.33. The first-order valence-corrected chi connectivity index (χ1v) is 14.4. The quantitative estimate of drug-likeness (QED) is 0.107. The molecule has 0 heterocycles. The van der Waals surface area contributed by atoms with Crippen LogP contribution in [-0.4, -0.2) is 107 Å². The van der Waals surface area contributed by atoms with Crippen molar-refractivity contribution in [1.29, 1.82) is 0 Å². The van der Waals surface area contributed by atoms with Gasteiger partial charge in [0.15, 0.2) is 0 Å². The molecular formula is C33H45O8-. The summed E-state index contributed by atoms with van der Waals surface area (Å²) in [5, 5.41) is 0. The van der Waals surface area contributed by atoms with Crippen LogP contribution in [0.3, 0.4) is 0 Å². The molecule has 0 saturated heterocycles. The van der Waals surface area contributed by atoms with Gasteiger partial charge in [0.1, 0.15) is 0 Å². The number of hydrogen-bond acceptors (Lipinski definition) is 8. The third-order valence-electron chi connectivity index (χ3n) is 7.11. The summed E-state index contributed by atoms with van der Waals surface area (Å²) in [6, 6.07) is 14.7. The molecule has 8 heteroatoms. The van der Waals surface area contributed by atoms with E-state index in [0.29, 0.717) is 92.5 Å². The highest BCUT2D eigenvalue weighted by molar-refractivity contribution is 5.81. The average Bonchev–Trinajstić information content (AvgIpc) is 3.27. The summed E-state index contributed by atoms with van der Waals surface area (Å²) < 4.78 is 44.1. The topological polar surface area (TPSA) is 73.8 Å². The Morgan fingerprint density at radius 1 is 0.537 bits per heavy atom. The third kappa shape index (κ3) is 10.5. The predicted molar refractivity (Wildman–Crippen MR) is 157 cm³/mol. The van der Waals surface area contributed by atoms with Crippen LogP contribution in [0.1, 0.15) is 29.5 Å². The molecule has 8 nitrogen and oxygen atoms in total. The van der Waals surface area contributed by atoms with E-state index in [1.165, 1.54) is 22.3 Å². The van der Waals surface area contributed by atoms with Crippen molar-refractivity contribution in [2.24, 2.45) is 0 Å². The van der Waals surface area contributed by atoms with E-state index < -0.39 is 0 Å². The third-order valence-corrected chi connectivity index (χ3v) is 7.11. The van der Waals surface area contributed by atoms with Gasteiger partial charge >= 0.3 is 0 Å². The molecular weight excluding hydrogens is 524 g/mol. The van der Waals surface area contributed by atoms with Gasteiger partial charge in [-0.15, -0.1) is 17.7 Å². The zero-order valence-corrected chi connectivity index (χ0v) is 24.6. The number of hydrogen-bond donors (Lipinski definition) is 0. The molecule has 2 aromatic rings. The Morgan fingerprint density at radius 2 is 0.976 bits per heavy atom. The lowest BCUT2D eigenvalue weighted by atomic mass is 9.73. The molecule has 2 aromatic carbocycles. The Labute approximate surface area is 245 Å². The lowest BCUT2D eigenvalue weighted by molar-refractivity contribution is -0.00195. The van der Waals surface area contributed by atoms with Gasteiger partial charge in [-0.3, -0.25) is 5.92 Å². The zero-order valence-electron chi connectivity index (χ0n) is 24.6. The smallest absolute Gasteiger partial charge is 0.0701 e. The van der Waals surface area contributed by atoms with Crippen molar-refractivity contribution in [1.82, 2.24) is 0 Å². The molecule has 0 aromatic heterocycles. The van der Waals surface area contributed by atoms with Crippen molar-refractivity contribution >= 4 is 0 Å². The van der Waals surface area contributed by atoms with E-state index in [9.17, 15) is 0 Å². The van der Waals surface area contributed by atoms with E-state index in [1.807, 2.05) is 6.07 Å². The maximum atomic E-state index is 7.73. The second-order valence-electron chi connectivity index (χ2n) is 9.67. The molecule has 0 aliphatic heterocycles. The fourth-order valence-corrected chi connectivity index (χ4v) is 5.06. The normalized spacial score (nSPS) is 13.2. The first kappa shape index (κ1) is 33.2. The Morgan fingerprint density at radius 3 is 1.46 bits per heavy atom. The van der Waals surface area contributed by atoms with E-state index in [1.54, 1.807) is 14.2 Å². The van der Waals surface area contributed by atoms with Crippen LogP contribution >= 0.6 is 0 Å². The number of benzene rings is 2. The average molecular weight is 570 g/mol. The minimum absolute atomic E-state index is 0.287. The van der Waals surface area contributed by atoms with E-state index >= 15 is 0 Å². The molecule has 0 fully saturated rings. The molecule has 0 radical (unpaired) electrons. The van der Waals surface area contributed by atoms with Gasteiger partial charge in [-0.25, -0.2) is 0 Å². The molecule has 1 aliphatic rings. The van der Waals surface area contributed by atoms with E-state index in [2.05, 4.69) is 42.3 Å². The van der Waals surface area contributed by atoms with E-state index in [0.717, 1.165) is 18.4 Å². The zero-order chi connectivity index (χ0) is 29.0. The number of rotatable bonds is 24. The Kier molecular flexibility index (Phi) is 16.0. The van der Waals surface area contributed by atoms with Gasteiger partial charge < -0.3 is 44.3 Å². The minimum Gasteiger partial charge on any atom is -0.382 e. The molecule has 0 amide bonds. The van der Waals surface area contributed by atoms with Crippen molar-refractivity contribution in [2.75, 3.05) is 107 Å². The molecule has 0 N–H and O–H groups in total. The highest BCUT2D eigenvalue weighted by atomic mass is 16.6. The SMILES string of the molecule is [C-]#Cc1ccc2c(c1)C(CCOCCOCCOCCOC)(CCOCCOCCOCCOC)c1ccccc1-2. The van der Waals surface area contributed by atoms with E-state index in [4.69, 9.17) is 44.3 Å². The number of ether oxygens (including phenoxy) is 8. The first-order valence-electron chi connectivity index (χ1n) is 14.4. The molecule has 1 aliphatic carbocycles. The monoisotopic (exact) mass is 569 g/mol. The molecule has 0 saturated carbocycles. The number of methoxy groups -OCH3 is 2. The summed E-state index contributed by atoms with van der Waals surface area (Å²) in [6.45, 7) is 7.66. The van der Waals surface area contributed by atoms with Crippen molar-refractivity contribution in [3.63, 3.8) is 0 Å². The molecule has 41 heavy (non-hydrogen) atoms. The Bertz CT molecular complexity index is 1010. The lowest BCUT2D eigenvalue weighted by Crippen LogP contribution is -2.30. The van der Waals surface area contributed by atoms with Gasteiger partial charge in [0.25, 0.3) is 0 Å². The second-order valence-corrected chi connectivity index (χ2v) is 9.67. The minimum atomic E-state index is -0.287. The summed E-state index contributed by atoms with van der Waals surface area (Å²) in [5.74, 6) is 2.57. The maximum absolute atomic E-state index is 7.73. The molecule has 0 spiro atoms. The van der Waals surface area contributed by atoms with Crippen molar-refractivity contribution < 1.29 is 37.9 Å². The highest BCUT2D eigenvalue weighted by Crippen LogP contribution is 2.52. The van der Waals surface area contributed by atoms with Crippen LogP contribution in [0.15, 0.2) is 42.5 Å². The molecule has 0 bridgehead atoms. The summed E-state index contributed by atoms with van der Waals surface area (Å²) in [7, 11) is 3.31. The van der Waals surface area contributed by atoms with Gasteiger partial charge in [-0.1, -0.05) is 30.3 Å². The van der Waals surface area contributed by atoms with Crippen LogP contribution in [0, 0.1) is 12.3 Å². The van der Waals surface area contributed by atoms with Gasteiger partial charge in [-0.2, -0.15) is 0 Å². The van der Waals surface area contributed by atoms with Crippen LogP contribution in [-0.2, 0) is 43.3 Å². The highest BCUT2D eigenvalue weighted by Gasteiger charge is 2.42. The Balaban J connectivity index is 1.54. The first-order chi connectivity index (χ1) is 20.3. The summed E-state index contributed by atoms with van der Waals surface area (Å²) in [4.78, 5) is 0. The largest absolute Gasteiger partial charge is 0.382 e. The fraction of sp³-hybridized carbons (Fsp3) is 0.576. The molecule has 226 valence electrons. The summed E-state index contributed by atoms with van der Waals surface area (Å²) >= 11 is 0. The fourth-order valence-electron chi connectivity index (χ4n) is 5.06. The Hall–Kier alpha value is -2.32. The van der Waals surface area contributed by atoms with Gasteiger partial charge in [0, 0.05) is 32.8 Å². The molecule has 0 unspecified atom stereocenters. The van der Waals surface area contributed by atoms with Gasteiger partial charge in [-0.05, 0) is 35.1 Å². The second kappa shape index (κ2) is 19.7. The van der Waals surface area contributed by atoms with E-state index in [-0.39, 0.29) is 5.41 Å². The van der Waals surface area contributed by atoms with Crippen LogP contribution < -0.4 is 0 Å². The summed E-state index contributed by atoms with van der Waals surface area (Å²) in [6.07, 6.45) is 9.31. The van der Waals surface area contributed by atoms with Gasteiger partial charge in [0.05, 0.1) is 79.3 Å². The van der Waals surface area contributed by atoms with Crippen molar-refractivity contribution in [3.8, 4) is 17.0 Å². The van der Waals surface area contributed by atoms with Crippen LogP contribution in [0.25, 0.3) is 11.1 Å². The van der Waals surface area contributed by atoms with Crippen LogP contribution in [0.5, 0.6) is 0 Å². The molecule has 0 atom stereocenters. The van der Waals surface area contributed by atoms with Crippen molar-refractivity contribution in [2.45, 2.75) is 18.3 Å². The standard InChI is InChI=1S/C33H45O8/c1-4-28-9-10-30-29-7-5-6-8-31(29)33(32(30)27-28,11-13-36-19-21-40-25-23-38-17-15-34-2)12-14-37-20-22-41-26-24-39-18-16-35-3/h5-10,27H,11-26H2,2-3H3/q-1. The predicted octanol–water partition coefficient (Wildman–Crippen LogP) is 4.06. The summed E-state index contributed by atoms with van der Waals surface area (Å²) in [5.41, 5.74) is 5.39. The van der Waals surface area contributed by atoms with Crippen molar-refractivity contribution in [3.05, 3.63) is 65.6 Å². The number of fused-ring (bicyclic) bond motifs is 3. The molecule has 3 rings (SSSR count). The van der Waals surface area contributed by atoms with Gasteiger partial charge in [0.2, 0.25) is 0 Å².